The molecule has 2 fully saturated rings. The van der Waals surface area contributed by atoms with Crippen LogP contribution in [0.1, 0.15) is 52.1 Å². The van der Waals surface area contributed by atoms with E-state index >= 15 is 0 Å². The van der Waals surface area contributed by atoms with Crippen LogP contribution >= 0.6 is 23.2 Å². The molecule has 46 heavy (non-hydrogen) atoms. The lowest BCUT2D eigenvalue weighted by atomic mass is 9.87. The zero-order chi connectivity index (χ0) is 32.2. The number of halogens is 2. The third kappa shape index (κ3) is 7.71. The summed E-state index contributed by atoms with van der Waals surface area (Å²) >= 11 is 12.6. The molecule has 6 rings (SSSR count). The van der Waals surface area contributed by atoms with E-state index in [2.05, 4.69) is 78.2 Å². The Labute approximate surface area is 283 Å². The normalized spacial score (nSPS) is 18.0. The van der Waals surface area contributed by atoms with Gasteiger partial charge in [0, 0.05) is 38.1 Å². The molecule has 1 saturated carbocycles. The largest absolute Gasteiger partial charge is 0.490 e. The van der Waals surface area contributed by atoms with E-state index in [1.165, 1.54) is 27.8 Å². The summed E-state index contributed by atoms with van der Waals surface area (Å²) in [6.45, 7) is 10.0. The van der Waals surface area contributed by atoms with Gasteiger partial charge in [-0.25, -0.2) is 0 Å². The fraction of sp³-hybridized carbons (Fsp3) is 0.359. The smallest absolute Gasteiger partial charge is 0.228 e. The fourth-order valence-corrected chi connectivity index (χ4v) is 7.24. The van der Waals surface area contributed by atoms with Crippen LogP contribution in [0.15, 0.2) is 84.9 Å². The molecule has 7 heteroatoms. The first-order chi connectivity index (χ1) is 22.3. The van der Waals surface area contributed by atoms with Gasteiger partial charge in [-0.15, -0.1) is 0 Å². The number of ether oxygens (including phenoxy) is 2. The Hall–Kier alpha value is -3.51. The average molecular weight is 658 g/mol. The highest BCUT2D eigenvalue weighted by Gasteiger charge is 2.43. The number of carbonyl (C=O) groups is 1. The minimum absolute atomic E-state index is 0.0965. The molecule has 0 bridgehead atoms. The highest BCUT2D eigenvalue weighted by molar-refractivity contribution is 6.37. The van der Waals surface area contributed by atoms with Gasteiger partial charge in [0.2, 0.25) is 5.91 Å². The Morgan fingerprint density at radius 2 is 1.54 bits per heavy atom. The lowest BCUT2D eigenvalue weighted by Crippen LogP contribution is -2.40. The number of hydrogen-bond donors (Lipinski definition) is 0. The first-order valence-electron chi connectivity index (χ1n) is 16.2. The molecule has 0 radical (unpaired) electrons. The number of hydrogen-bond acceptors (Lipinski definition) is 4. The number of likely N-dealkylation sites (tertiary alicyclic amines) is 1. The molecule has 4 aromatic carbocycles. The first-order valence-corrected chi connectivity index (χ1v) is 17.0. The van der Waals surface area contributed by atoms with Crippen LogP contribution in [-0.2, 0) is 17.9 Å². The molecule has 2 aliphatic rings. The molecule has 4 aromatic rings. The van der Waals surface area contributed by atoms with E-state index in [-0.39, 0.29) is 17.7 Å². The molecule has 0 unspecified atom stereocenters. The molecule has 2 atom stereocenters. The number of rotatable bonds is 12. The van der Waals surface area contributed by atoms with Crippen molar-refractivity contribution >= 4 is 29.1 Å². The van der Waals surface area contributed by atoms with Crippen LogP contribution in [0.25, 0.3) is 0 Å². The monoisotopic (exact) mass is 656 g/mol. The van der Waals surface area contributed by atoms with Crippen molar-refractivity contribution in [3.05, 3.63) is 128 Å². The number of amides is 1. The van der Waals surface area contributed by atoms with Crippen molar-refractivity contribution in [1.29, 1.82) is 0 Å². The van der Waals surface area contributed by atoms with E-state index in [0.29, 0.717) is 41.6 Å². The van der Waals surface area contributed by atoms with Crippen LogP contribution in [0.5, 0.6) is 11.5 Å². The molecule has 240 valence electrons. The summed E-state index contributed by atoms with van der Waals surface area (Å²) in [5, 5.41) is 0.983. The van der Waals surface area contributed by atoms with E-state index in [1.807, 2.05) is 37.3 Å². The van der Waals surface area contributed by atoms with Gasteiger partial charge >= 0.3 is 0 Å². The van der Waals surface area contributed by atoms with Crippen LogP contribution < -0.4 is 9.47 Å². The van der Waals surface area contributed by atoms with Gasteiger partial charge in [0.15, 0.2) is 5.75 Å². The van der Waals surface area contributed by atoms with Gasteiger partial charge in [-0.2, -0.15) is 0 Å². The van der Waals surface area contributed by atoms with Crippen molar-refractivity contribution in [1.82, 2.24) is 9.80 Å². The number of carbonyl (C=O) groups excluding carboxylic acids is 1. The zero-order valence-corrected chi connectivity index (χ0v) is 28.4. The van der Waals surface area contributed by atoms with Gasteiger partial charge in [-0.1, -0.05) is 83.9 Å². The van der Waals surface area contributed by atoms with Gasteiger partial charge in [0.1, 0.15) is 19.0 Å². The maximum Gasteiger partial charge on any atom is 0.228 e. The minimum atomic E-state index is -0.112. The number of nitrogens with zero attached hydrogens (tertiary/aromatic N) is 2. The molecule has 5 nitrogen and oxygen atoms in total. The van der Waals surface area contributed by atoms with E-state index in [4.69, 9.17) is 32.7 Å². The molecule has 1 amide bonds. The average Bonchev–Trinajstić information content (AvgIpc) is 3.80. The Kier molecular flexibility index (Phi) is 10.2. The van der Waals surface area contributed by atoms with E-state index < -0.39 is 0 Å². The Morgan fingerprint density at radius 3 is 2.24 bits per heavy atom. The third-order valence-corrected chi connectivity index (χ3v) is 9.90. The molecule has 0 N–H and O–H groups in total. The molecule has 0 spiro atoms. The summed E-state index contributed by atoms with van der Waals surface area (Å²) in [4.78, 5) is 19.1. The molecule has 1 heterocycles. The molecule has 1 saturated heterocycles. The predicted octanol–water partition coefficient (Wildman–Crippen LogP) is 8.78. The minimum Gasteiger partial charge on any atom is -0.490 e. The second-order valence-corrected chi connectivity index (χ2v) is 13.6. The standard InChI is InChI=1S/C39H42Cl2N2O3/c1-26-20-36(40)38(37(41)21-26)46-19-18-45-33-16-12-30(13-17-33)34-24-42(22-29-9-5-4-6-10-29)25-35(34)39(44)43(32-14-15-32)23-31-11-7-8-27(2)28(31)3/h4-13,16-17,20-21,32,34-35H,14-15,18-19,22-25H2,1-3H3/t34-,35+/m1/s1. The van der Waals surface area contributed by atoms with Crippen molar-refractivity contribution < 1.29 is 14.3 Å². The summed E-state index contributed by atoms with van der Waals surface area (Å²) in [5.41, 5.74) is 7.20. The molecular weight excluding hydrogens is 615 g/mol. The van der Waals surface area contributed by atoms with Crippen molar-refractivity contribution in [2.45, 2.75) is 58.7 Å². The number of aryl methyl sites for hydroxylation is 2. The van der Waals surface area contributed by atoms with Crippen LogP contribution in [0.3, 0.4) is 0 Å². The predicted molar refractivity (Wildman–Crippen MR) is 186 cm³/mol. The molecule has 0 aromatic heterocycles. The summed E-state index contributed by atoms with van der Waals surface area (Å²) in [6, 6.07) is 29.2. The van der Waals surface area contributed by atoms with Gasteiger partial charge < -0.3 is 14.4 Å². The summed E-state index contributed by atoms with van der Waals surface area (Å²) in [7, 11) is 0. The van der Waals surface area contributed by atoms with E-state index in [0.717, 1.165) is 43.8 Å². The zero-order valence-electron chi connectivity index (χ0n) is 26.8. The highest BCUT2D eigenvalue weighted by atomic mass is 35.5. The summed E-state index contributed by atoms with van der Waals surface area (Å²) in [5.74, 6) is 1.49. The van der Waals surface area contributed by atoms with Crippen molar-refractivity contribution in [2.24, 2.45) is 5.92 Å². The maximum atomic E-state index is 14.5. The highest BCUT2D eigenvalue weighted by Crippen LogP contribution is 2.39. The van der Waals surface area contributed by atoms with Crippen molar-refractivity contribution in [3.8, 4) is 11.5 Å². The van der Waals surface area contributed by atoms with Gasteiger partial charge in [0.05, 0.1) is 16.0 Å². The Morgan fingerprint density at radius 1 is 0.848 bits per heavy atom. The van der Waals surface area contributed by atoms with E-state index in [1.54, 1.807) is 0 Å². The topological polar surface area (TPSA) is 42.0 Å². The fourth-order valence-electron chi connectivity index (χ4n) is 6.54. The molecule has 1 aliphatic carbocycles. The number of benzene rings is 4. The van der Waals surface area contributed by atoms with Gasteiger partial charge in [0.25, 0.3) is 0 Å². The Balaban J connectivity index is 1.16. The van der Waals surface area contributed by atoms with E-state index in [9.17, 15) is 4.79 Å². The molecular formula is C39H42Cl2N2O3. The summed E-state index contributed by atoms with van der Waals surface area (Å²) < 4.78 is 11.8. The lowest BCUT2D eigenvalue weighted by molar-refractivity contribution is -0.136. The van der Waals surface area contributed by atoms with Crippen molar-refractivity contribution in [3.63, 3.8) is 0 Å². The van der Waals surface area contributed by atoms with Crippen LogP contribution in [-0.4, -0.2) is 48.1 Å². The first kappa shape index (κ1) is 32.4. The summed E-state index contributed by atoms with van der Waals surface area (Å²) in [6.07, 6.45) is 2.17. The maximum absolute atomic E-state index is 14.5. The van der Waals surface area contributed by atoms with Crippen LogP contribution in [0.2, 0.25) is 10.0 Å². The Bertz CT molecular complexity index is 1630. The van der Waals surface area contributed by atoms with Gasteiger partial charge in [-0.3, -0.25) is 9.69 Å². The molecule has 1 aliphatic heterocycles. The van der Waals surface area contributed by atoms with Crippen LogP contribution in [0, 0.1) is 26.7 Å². The van der Waals surface area contributed by atoms with Gasteiger partial charge in [-0.05, 0) is 91.3 Å². The second-order valence-electron chi connectivity index (χ2n) is 12.8. The van der Waals surface area contributed by atoms with Crippen molar-refractivity contribution in [2.75, 3.05) is 26.3 Å². The third-order valence-electron chi connectivity index (χ3n) is 9.34. The second kappa shape index (κ2) is 14.5. The lowest BCUT2D eigenvalue weighted by Gasteiger charge is -2.29. The quantitative estimate of drug-likeness (QED) is 0.143. The SMILES string of the molecule is Cc1cc(Cl)c(OCCOc2ccc([C@H]3CN(Cc4ccccc4)C[C@@H]3C(=O)N(Cc3cccc(C)c3C)C3CC3)cc2)c(Cl)c1. The van der Waals surface area contributed by atoms with Crippen LogP contribution in [0.4, 0.5) is 0 Å².